The van der Waals surface area contributed by atoms with Crippen molar-refractivity contribution in [3.8, 4) is 5.69 Å². The lowest BCUT2D eigenvalue weighted by Crippen LogP contribution is -2.21. The fraction of sp³-hybridized carbons (Fsp3) is 0.263. The number of oxazole rings is 1. The van der Waals surface area contributed by atoms with Crippen LogP contribution >= 0.6 is 0 Å². The number of alkyl halides is 3. The van der Waals surface area contributed by atoms with E-state index in [0.717, 1.165) is 17.1 Å². The highest BCUT2D eigenvalue weighted by atomic mass is 19.4. The van der Waals surface area contributed by atoms with Crippen LogP contribution < -0.4 is 5.32 Å². The molecule has 0 aliphatic rings. The first kappa shape index (κ1) is 22.7. The molecular formula is C19H19F3N4O4. The number of aromatic nitrogens is 3. The van der Waals surface area contributed by atoms with Crippen molar-refractivity contribution in [1.29, 1.82) is 0 Å². The number of amides is 1. The summed E-state index contributed by atoms with van der Waals surface area (Å²) in [5.74, 6) is -2.49. The zero-order chi connectivity index (χ0) is 22.5. The number of carbonyl (C=O) groups excluding carboxylic acids is 1. The largest absolute Gasteiger partial charge is 0.490 e. The number of aryl methyl sites for hydroxylation is 2. The Kier molecular flexibility index (Phi) is 6.98. The Balaban J connectivity index is 0.000000396. The molecule has 0 bridgehead atoms. The van der Waals surface area contributed by atoms with E-state index < -0.39 is 12.1 Å². The fourth-order valence-corrected chi connectivity index (χ4v) is 2.24. The van der Waals surface area contributed by atoms with Gasteiger partial charge in [0.25, 0.3) is 5.91 Å². The van der Waals surface area contributed by atoms with Gasteiger partial charge in [-0.1, -0.05) is 6.92 Å². The SMILES string of the molecule is CCc1nc(C(=O)Nc2ccc(-n3cnc(C)c3C)cc2)co1.O=C(O)C(F)(F)F. The summed E-state index contributed by atoms with van der Waals surface area (Å²) in [5, 5.41) is 9.93. The summed E-state index contributed by atoms with van der Waals surface area (Å²) in [4.78, 5) is 29.4. The molecule has 0 atom stereocenters. The van der Waals surface area contributed by atoms with Gasteiger partial charge in [-0.25, -0.2) is 14.8 Å². The maximum Gasteiger partial charge on any atom is 0.490 e. The first-order valence-electron chi connectivity index (χ1n) is 8.69. The van der Waals surface area contributed by atoms with Gasteiger partial charge in [-0.15, -0.1) is 0 Å². The highest BCUT2D eigenvalue weighted by Crippen LogP contribution is 2.17. The average molecular weight is 424 g/mol. The summed E-state index contributed by atoms with van der Waals surface area (Å²) in [7, 11) is 0. The highest BCUT2D eigenvalue weighted by molar-refractivity contribution is 6.02. The van der Waals surface area contributed by atoms with Gasteiger partial charge in [0.2, 0.25) is 0 Å². The maximum absolute atomic E-state index is 12.1. The van der Waals surface area contributed by atoms with Gasteiger partial charge in [0, 0.05) is 23.5 Å². The number of nitrogens with zero attached hydrogens (tertiary/aromatic N) is 3. The standard InChI is InChI=1S/C17H18N4O2.C2HF3O2/c1-4-16-20-15(9-23-16)17(22)19-13-5-7-14(8-6-13)21-10-18-11(2)12(21)3;3-2(4,5)1(6)7/h5-10H,4H2,1-3H3,(H,19,22);(H,6,7). The summed E-state index contributed by atoms with van der Waals surface area (Å²) < 4.78 is 38.9. The highest BCUT2D eigenvalue weighted by Gasteiger charge is 2.38. The van der Waals surface area contributed by atoms with Crippen molar-refractivity contribution in [2.45, 2.75) is 33.4 Å². The predicted molar refractivity (Wildman–Crippen MR) is 101 cm³/mol. The third kappa shape index (κ3) is 5.69. The van der Waals surface area contributed by atoms with Gasteiger partial charge in [0.1, 0.15) is 6.26 Å². The van der Waals surface area contributed by atoms with Gasteiger partial charge < -0.3 is 19.4 Å². The van der Waals surface area contributed by atoms with Gasteiger partial charge in [-0.3, -0.25) is 4.79 Å². The lowest BCUT2D eigenvalue weighted by molar-refractivity contribution is -0.192. The summed E-state index contributed by atoms with van der Waals surface area (Å²) in [6.07, 6.45) is -1.26. The first-order valence-corrected chi connectivity index (χ1v) is 8.69. The van der Waals surface area contributed by atoms with Crippen LogP contribution in [0.4, 0.5) is 18.9 Å². The van der Waals surface area contributed by atoms with Crippen molar-refractivity contribution in [3.05, 3.63) is 59.8 Å². The van der Waals surface area contributed by atoms with Crippen LogP contribution in [0.3, 0.4) is 0 Å². The Morgan fingerprint density at radius 1 is 1.20 bits per heavy atom. The molecule has 0 aliphatic heterocycles. The number of carboxylic acids is 1. The van der Waals surface area contributed by atoms with E-state index >= 15 is 0 Å². The van der Waals surface area contributed by atoms with Crippen LogP contribution in [0, 0.1) is 13.8 Å². The molecule has 0 aliphatic carbocycles. The van der Waals surface area contributed by atoms with E-state index in [2.05, 4.69) is 15.3 Å². The Bertz CT molecular complexity index is 1020. The van der Waals surface area contributed by atoms with E-state index in [1.54, 1.807) is 6.33 Å². The molecule has 0 spiro atoms. The number of aliphatic carboxylic acids is 1. The van der Waals surface area contributed by atoms with E-state index in [9.17, 15) is 18.0 Å². The van der Waals surface area contributed by atoms with E-state index in [1.807, 2.05) is 49.6 Å². The number of rotatable bonds is 4. The average Bonchev–Trinajstić information content (AvgIpc) is 3.30. The third-order valence-electron chi connectivity index (χ3n) is 3.98. The Morgan fingerprint density at radius 2 is 1.80 bits per heavy atom. The zero-order valence-corrected chi connectivity index (χ0v) is 16.3. The topological polar surface area (TPSA) is 110 Å². The number of imidazole rings is 1. The van der Waals surface area contributed by atoms with Crippen molar-refractivity contribution in [2.75, 3.05) is 5.32 Å². The van der Waals surface area contributed by atoms with Gasteiger partial charge in [-0.2, -0.15) is 13.2 Å². The zero-order valence-electron chi connectivity index (χ0n) is 16.3. The van der Waals surface area contributed by atoms with Gasteiger partial charge in [0.05, 0.1) is 12.0 Å². The maximum atomic E-state index is 12.1. The molecule has 2 aromatic heterocycles. The number of anilines is 1. The van der Waals surface area contributed by atoms with Crippen LogP contribution in [0.2, 0.25) is 0 Å². The summed E-state index contributed by atoms with van der Waals surface area (Å²) in [6.45, 7) is 5.92. The first-order chi connectivity index (χ1) is 14.0. The van der Waals surface area contributed by atoms with E-state index in [0.29, 0.717) is 18.0 Å². The van der Waals surface area contributed by atoms with Crippen molar-refractivity contribution in [3.63, 3.8) is 0 Å². The second-order valence-electron chi connectivity index (χ2n) is 6.07. The smallest absolute Gasteiger partial charge is 0.475 e. The summed E-state index contributed by atoms with van der Waals surface area (Å²) >= 11 is 0. The molecule has 0 saturated carbocycles. The van der Waals surface area contributed by atoms with E-state index in [1.165, 1.54) is 6.26 Å². The van der Waals surface area contributed by atoms with Crippen molar-refractivity contribution in [1.82, 2.24) is 14.5 Å². The van der Waals surface area contributed by atoms with E-state index in [-0.39, 0.29) is 11.6 Å². The number of benzene rings is 1. The molecule has 2 N–H and O–H groups in total. The molecule has 1 aromatic carbocycles. The number of carboxylic acid groups (broad SMARTS) is 1. The molecule has 1 amide bonds. The van der Waals surface area contributed by atoms with Crippen molar-refractivity contribution in [2.24, 2.45) is 0 Å². The molecule has 30 heavy (non-hydrogen) atoms. The summed E-state index contributed by atoms with van der Waals surface area (Å²) in [6, 6.07) is 7.57. The Morgan fingerprint density at radius 3 is 2.23 bits per heavy atom. The molecule has 2 heterocycles. The molecule has 3 rings (SSSR count). The van der Waals surface area contributed by atoms with Gasteiger partial charge in [-0.05, 0) is 38.1 Å². The van der Waals surface area contributed by atoms with Crippen molar-refractivity contribution >= 4 is 17.6 Å². The van der Waals surface area contributed by atoms with Crippen LogP contribution in [-0.2, 0) is 11.2 Å². The fourth-order valence-electron chi connectivity index (χ4n) is 2.24. The molecule has 11 heteroatoms. The van der Waals surface area contributed by atoms with E-state index in [4.69, 9.17) is 14.3 Å². The minimum absolute atomic E-state index is 0.282. The number of carbonyl (C=O) groups is 2. The van der Waals surface area contributed by atoms with Crippen LogP contribution in [0.25, 0.3) is 5.69 Å². The van der Waals surface area contributed by atoms with Crippen LogP contribution in [0.5, 0.6) is 0 Å². The van der Waals surface area contributed by atoms with Gasteiger partial charge in [0.15, 0.2) is 11.6 Å². The molecule has 0 radical (unpaired) electrons. The van der Waals surface area contributed by atoms with Crippen LogP contribution in [-0.4, -0.2) is 37.7 Å². The predicted octanol–water partition coefficient (Wildman–Crippen LogP) is 3.93. The lowest BCUT2D eigenvalue weighted by atomic mass is 10.2. The molecule has 0 fully saturated rings. The summed E-state index contributed by atoms with van der Waals surface area (Å²) in [5.41, 5.74) is 4.08. The molecular weight excluding hydrogens is 405 g/mol. The number of hydrogen-bond acceptors (Lipinski definition) is 5. The van der Waals surface area contributed by atoms with Crippen molar-refractivity contribution < 1.29 is 32.3 Å². The third-order valence-corrected chi connectivity index (χ3v) is 3.98. The quantitative estimate of drug-likeness (QED) is 0.657. The molecule has 0 saturated heterocycles. The molecule has 3 aromatic rings. The van der Waals surface area contributed by atoms with Crippen LogP contribution in [0.1, 0.15) is 34.7 Å². The Hall–Kier alpha value is -3.63. The Labute approximate surface area is 169 Å². The number of hydrogen-bond donors (Lipinski definition) is 2. The molecule has 160 valence electrons. The lowest BCUT2D eigenvalue weighted by Gasteiger charge is -2.07. The van der Waals surface area contributed by atoms with Gasteiger partial charge >= 0.3 is 12.1 Å². The second kappa shape index (κ2) is 9.25. The van der Waals surface area contributed by atoms with Crippen LogP contribution in [0.15, 0.2) is 41.3 Å². The minimum atomic E-state index is -5.08. The monoisotopic (exact) mass is 424 g/mol. The molecule has 8 nitrogen and oxygen atoms in total. The number of nitrogens with one attached hydrogen (secondary N) is 1. The second-order valence-corrected chi connectivity index (χ2v) is 6.07. The minimum Gasteiger partial charge on any atom is -0.475 e. The molecule has 0 unspecified atom stereocenters. The number of halogens is 3. The normalized spacial score (nSPS) is 10.9.